The molecule has 2 aromatic carbocycles. The number of benzene rings is 2. The van der Waals surface area contributed by atoms with Crippen LogP contribution in [0.1, 0.15) is 42.4 Å². The molecule has 0 bridgehead atoms. The number of fused-ring (bicyclic) bond motifs is 1. The highest BCUT2D eigenvalue weighted by molar-refractivity contribution is 6.19. The molecule has 2 amide bonds. The minimum Gasteiger partial charge on any atom is -0.336 e. The minimum atomic E-state index is -0.883. The molecule has 180 valence electrons. The Labute approximate surface area is 205 Å². The molecule has 0 radical (unpaired) electrons. The van der Waals surface area contributed by atoms with Crippen LogP contribution in [-0.2, 0) is 11.3 Å². The fourth-order valence-electron chi connectivity index (χ4n) is 4.63. The fourth-order valence-corrected chi connectivity index (χ4v) is 4.63. The average Bonchev–Trinajstić information content (AvgIpc) is 3.19. The van der Waals surface area contributed by atoms with E-state index in [0.717, 1.165) is 30.5 Å². The van der Waals surface area contributed by atoms with Crippen LogP contribution in [0.2, 0.25) is 0 Å². The predicted molar refractivity (Wildman–Crippen MR) is 137 cm³/mol. The number of para-hydroxylation sites is 1. The summed E-state index contributed by atoms with van der Waals surface area (Å²) in [6.07, 6.45) is 0. The van der Waals surface area contributed by atoms with Crippen molar-refractivity contribution in [1.82, 2.24) is 20.1 Å². The van der Waals surface area contributed by atoms with Crippen LogP contribution < -0.4 is 5.32 Å². The summed E-state index contributed by atoms with van der Waals surface area (Å²) in [6.45, 7) is 9.54. The standard InChI is InChI=1S/C28H31N5O2/c1-19(2)28(3)27(35)30-25(31-28)24-22(17-21-11-7-8-12-23(21)29-24)26(34)33-15-13-32(14-16-33)18-20-9-5-4-6-10-20/h4-12,17,19H,13-16,18H2,1-3H3,(H,30,31,35). The van der Waals surface area contributed by atoms with Crippen LogP contribution in [0.5, 0.6) is 0 Å². The first-order valence-electron chi connectivity index (χ1n) is 12.2. The van der Waals surface area contributed by atoms with Crippen molar-refractivity contribution in [3.8, 4) is 0 Å². The number of rotatable bonds is 5. The van der Waals surface area contributed by atoms with E-state index in [1.54, 1.807) is 0 Å². The van der Waals surface area contributed by atoms with Crippen LogP contribution in [-0.4, -0.2) is 64.2 Å². The van der Waals surface area contributed by atoms with E-state index in [1.807, 2.05) is 62.1 Å². The molecule has 1 atom stereocenters. The van der Waals surface area contributed by atoms with Gasteiger partial charge >= 0.3 is 0 Å². The van der Waals surface area contributed by atoms with Gasteiger partial charge in [-0.25, -0.2) is 9.98 Å². The van der Waals surface area contributed by atoms with Gasteiger partial charge in [0.1, 0.15) is 11.2 Å². The van der Waals surface area contributed by atoms with Gasteiger partial charge in [0, 0.05) is 38.1 Å². The van der Waals surface area contributed by atoms with E-state index in [9.17, 15) is 9.59 Å². The number of pyridine rings is 1. The quantitative estimate of drug-likeness (QED) is 0.621. The van der Waals surface area contributed by atoms with E-state index in [2.05, 4.69) is 34.5 Å². The molecule has 2 aliphatic heterocycles. The van der Waals surface area contributed by atoms with Gasteiger partial charge in [0.15, 0.2) is 5.84 Å². The number of piperazine rings is 1. The predicted octanol–water partition coefficient (Wildman–Crippen LogP) is 3.48. The van der Waals surface area contributed by atoms with Gasteiger partial charge in [-0.3, -0.25) is 14.5 Å². The first-order chi connectivity index (χ1) is 16.8. The van der Waals surface area contributed by atoms with Gasteiger partial charge in [-0.1, -0.05) is 62.4 Å². The highest BCUT2D eigenvalue weighted by Crippen LogP contribution is 2.28. The lowest BCUT2D eigenvalue weighted by atomic mass is 9.89. The number of nitrogens with zero attached hydrogens (tertiary/aromatic N) is 4. The first-order valence-corrected chi connectivity index (χ1v) is 12.2. The second kappa shape index (κ2) is 9.23. The third-order valence-corrected chi connectivity index (χ3v) is 7.25. The van der Waals surface area contributed by atoms with Gasteiger partial charge < -0.3 is 10.2 Å². The first kappa shape index (κ1) is 23.2. The summed E-state index contributed by atoms with van der Waals surface area (Å²) in [5, 5.41) is 3.80. The number of carbonyl (C=O) groups is 2. The van der Waals surface area contributed by atoms with E-state index in [-0.39, 0.29) is 17.7 Å². The third-order valence-electron chi connectivity index (χ3n) is 7.25. The molecule has 35 heavy (non-hydrogen) atoms. The van der Waals surface area contributed by atoms with Crippen molar-refractivity contribution in [3.63, 3.8) is 0 Å². The zero-order valence-corrected chi connectivity index (χ0v) is 20.5. The van der Waals surface area contributed by atoms with Crippen molar-refractivity contribution in [2.45, 2.75) is 32.9 Å². The average molecular weight is 470 g/mol. The molecular weight excluding hydrogens is 438 g/mol. The summed E-state index contributed by atoms with van der Waals surface area (Å²) < 4.78 is 0. The van der Waals surface area contributed by atoms with Gasteiger partial charge in [0.2, 0.25) is 0 Å². The summed E-state index contributed by atoms with van der Waals surface area (Å²) in [5.41, 5.74) is 2.08. The molecule has 7 heteroatoms. The normalized spacial score (nSPS) is 20.9. The molecule has 0 saturated carbocycles. The van der Waals surface area contributed by atoms with E-state index in [1.165, 1.54) is 5.56 Å². The Morgan fingerprint density at radius 3 is 2.40 bits per heavy atom. The molecule has 5 rings (SSSR count). The highest BCUT2D eigenvalue weighted by Gasteiger charge is 2.43. The minimum absolute atomic E-state index is 0.0114. The third kappa shape index (κ3) is 4.44. The van der Waals surface area contributed by atoms with Crippen LogP contribution >= 0.6 is 0 Å². The van der Waals surface area contributed by atoms with Crippen molar-refractivity contribution in [2.75, 3.05) is 26.2 Å². The molecule has 7 nitrogen and oxygen atoms in total. The SMILES string of the molecule is CC(C)C1(C)N=C(c2nc3ccccc3cc2C(=O)N2CCN(Cc3ccccc3)CC2)NC1=O. The maximum absolute atomic E-state index is 13.8. The van der Waals surface area contributed by atoms with E-state index in [0.29, 0.717) is 30.2 Å². The summed E-state index contributed by atoms with van der Waals surface area (Å²) in [6, 6.07) is 20.0. The van der Waals surface area contributed by atoms with E-state index in [4.69, 9.17) is 9.98 Å². The second-order valence-corrected chi connectivity index (χ2v) is 9.85. The number of amidine groups is 1. The summed E-state index contributed by atoms with van der Waals surface area (Å²) in [7, 11) is 0. The van der Waals surface area contributed by atoms with Crippen molar-refractivity contribution in [1.29, 1.82) is 0 Å². The molecular formula is C28H31N5O2. The number of hydrogen-bond donors (Lipinski definition) is 1. The van der Waals surface area contributed by atoms with Crippen molar-refractivity contribution in [3.05, 3.63) is 77.5 Å². The number of aromatic nitrogens is 1. The molecule has 3 aromatic rings. The topological polar surface area (TPSA) is 77.9 Å². The second-order valence-electron chi connectivity index (χ2n) is 9.85. The van der Waals surface area contributed by atoms with Crippen LogP contribution in [0, 0.1) is 5.92 Å². The molecule has 1 N–H and O–H groups in total. The molecule has 1 saturated heterocycles. The Bertz CT molecular complexity index is 1300. The Kier molecular flexibility index (Phi) is 6.11. The van der Waals surface area contributed by atoms with Crippen molar-refractivity contribution in [2.24, 2.45) is 10.9 Å². The number of hydrogen-bond acceptors (Lipinski definition) is 5. The Balaban J connectivity index is 1.43. The van der Waals surface area contributed by atoms with Crippen LogP contribution in [0.3, 0.4) is 0 Å². The van der Waals surface area contributed by atoms with E-state index >= 15 is 0 Å². The lowest BCUT2D eigenvalue weighted by Crippen LogP contribution is -2.48. The Morgan fingerprint density at radius 1 is 1.03 bits per heavy atom. The maximum atomic E-state index is 13.8. The van der Waals surface area contributed by atoms with Gasteiger partial charge in [0.25, 0.3) is 11.8 Å². The van der Waals surface area contributed by atoms with Crippen LogP contribution in [0.4, 0.5) is 0 Å². The molecule has 3 heterocycles. The Hall–Kier alpha value is -3.58. The van der Waals surface area contributed by atoms with Gasteiger partial charge in [0.05, 0.1) is 11.1 Å². The number of carbonyl (C=O) groups excluding carboxylic acids is 2. The molecule has 0 aliphatic carbocycles. The van der Waals surface area contributed by atoms with Crippen molar-refractivity contribution >= 4 is 28.6 Å². The van der Waals surface area contributed by atoms with Gasteiger partial charge in [-0.2, -0.15) is 0 Å². The number of nitrogens with one attached hydrogen (secondary N) is 1. The summed E-state index contributed by atoms with van der Waals surface area (Å²) in [5.74, 6) is 0.151. The molecule has 1 unspecified atom stereocenters. The number of amides is 2. The fraction of sp³-hybridized carbons (Fsp3) is 0.357. The number of aliphatic imine (C=N–C) groups is 1. The smallest absolute Gasteiger partial charge is 0.256 e. The largest absolute Gasteiger partial charge is 0.336 e. The van der Waals surface area contributed by atoms with Crippen molar-refractivity contribution < 1.29 is 9.59 Å². The van der Waals surface area contributed by atoms with Crippen LogP contribution in [0.15, 0.2) is 65.7 Å². The monoisotopic (exact) mass is 469 g/mol. The lowest BCUT2D eigenvalue weighted by molar-refractivity contribution is -0.124. The molecule has 0 spiro atoms. The zero-order valence-electron chi connectivity index (χ0n) is 20.5. The molecule has 1 fully saturated rings. The summed E-state index contributed by atoms with van der Waals surface area (Å²) in [4.78, 5) is 40.4. The van der Waals surface area contributed by atoms with Gasteiger partial charge in [-0.05, 0) is 30.5 Å². The lowest BCUT2D eigenvalue weighted by Gasteiger charge is -2.35. The Morgan fingerprint density at radius 2 is 1.71 bits per heavy atom. The zero-order chi connectivity index (χ0) is 24.6. The van der Waals surface area contributed by atoms with E-state index < -0.39 is 5.54 Å². The highest BCUT2D eigenvalue weighted by atomic mass is 16.2. The molecule has 1 aromatic heterocycles. The summed E-state index contributed by atoms with van der Waals surface area (Å²) >= 11 is 0. The maximum Gasteiger partial charge on any atom is 0.256 e. The van der Waals surface area contributed by atoms with Crippen LogP contribution in [0.25, 0.3) is 10.9 Å². The molecule has 2 aliphatic rings. The van der Waals surface area contributed by atoms with Gasteiger partial charge in [-0.15, -0.1) is 0 Å².